The van der Waals surface area contributed by atoms with Crippen molar-refractivity contribution in [3.05, 3.63) is 16.1 Å². The van der Waals surface area contributed by atoms with Crippen molar-refractivity contribution < 1.29 is 4.79 Å². The molecule has 0 saturated heterocycles. The average Bonchev–Trinajstić information content (AvgIpc) is 2.49. The zero-order valence-corrected chi connectivity index (χ0v) is 10.2. The van der Waals surface area contributed by atoms with Crippen molar-refractivity contribution >= 4 is 17.1 Å². The molecule has 3 heteroatoms. The predicted molar refractivity (Wildman–Crippen MR) is 60.0 cm³/mol. The summed E-state index contributed by atoms with van der Waals surface area (Å²) in [7, 11) is 0. The van der Waals surface area contributed by atoms with Gasteiger partial charge in [0, 0.05) is 16.7 Å². The Morgan fingerprint density at radius 2 is 2.00 bits per heavy atom. The van der Waals surface area contributed by atoms with Crippen LogP contribution in [0.15, 0.2) is 5.38 Å². The fraction of sp³-hybridized carbons (Fsp3) is 0.636. The van der Waals surface area contributed by atoms with Gasteiger partial charge in [-0.05, 0) is 0 Å². The minimum absolute atomic E-state index is 0.0337. The zero-order chi connectivity index (χ0) is 10.9. The molecule has 0 aliphatic carbocycles. The standard InChI is InChI=1S/C11H17NOS/c1-7(2)9(13)10-12-8(6-14-10)11(3,4)5/h6-7H,1-5H3. The zero-order valence-electron chi connectivity index (χ0n) is 9.42. The van der Waals surface area contributed by atoms with E-state index in [2.05, 4.69) is 25.8 Å². The number of ketones is 1. The summed E-state index contributed by atoms with van der Waals surface area (Å²) >= 11 is 1.45. The van der Waals surface area contributed by atoms with Gasteiger partial charge in [0.15, 0.2) is 10.8 Å². The Morgan fingerprint density at radius 1 is 1.43 bits per heavy atom. The first kappa shape index (κ1) is 11.4. The van der Waals surface area contributed by atoms with Crippen molar-refractivity contribution in [1.82, 2.24) is 4.98 Å². The molecule has 0 N–H and O–H groups in total. The molecule has 0 spiro atoms. The number of hydrogen-bond acceptors (Lipinski definition) is 3. The third kappa shape index (κ3) is 2.41. The molecule has 0 bridgehead atoms. The normalized spacial score (nSPS) is 12.1. The smallest absolute Gasteiger partial charge is 0.193 e. The first-order valence-corrected chi connectivity index (χ1v) is 5.70. The molecule has 0 radical (unpaired) electrons. The van der Waals surface area contributed by atoms with Gasteiger partial charge in [-0.1, -0.05) is 34.6 Å². The topological polar surface area (TPSA) is 30.0 Å². The molecule has 14 heavy (non-hydrogen) atoms. The monoisotopic (exact) mass is 211 g/mol. The van der Waals surface area contributed by atoms with Gasteiger partial charge in [-0.25, -0.2) is 4.98 Å². The van der Waals surface area contributed by atoms with Crippen molar-refractivity contribution in [2.45, 2.75) is 40.0 Å². The van der Waals surface area contributed by atoms with Gasteiger partial charge in [-0.2, -0.15) is 0 Å². The van der Waals surface area contributed by atoms with E-state index in [-0.39, 0.29) is 17.1 Å². The molecule has 0 aliphatic rings. The summed E-state index contributed by atoms with van der Waals surface area (Å²) in [5.74, 6) is 0.180. The Bertz CT molecular complexity index is 333. The lowest BCUT2D eigenvalue weighted by Gasteiger charge is -2.14. The highest BCUT2D eigenvalue weighted by atomic mass is 32.1. The van der Waals surface area contributed by atoms with Gasteiger partial charge in [0.1, 0.15) is 0 Å². The Morgan fingerprint density at radius 3 is 2.36 bits per heavy atom. The second kappa shape index (κ2) is 3.81. The van der Waals surface area contributed by atoms with E-state index in [1.54, 1.807) is 0 Å². The molecule has 0 atom stereocenters. The predicted octanol–water partition coefficient (Wildman–Crippen LogP) is 3.28. The molecule has 2 nitrogen and oxygen atoms in total. The summed E-state index contributed by atoms with van der Waals surface area (Å²) in [5.41, 5.74) is 1.04. The molecular weight excluding hydrogens is 194 g/mol. The third-order valence-electron chi connectivity index (χ3n) is 2.01. The van der Waals surface area contributed by atoms with Crippen LogP contribution in [0, 0.1) is 5.92 Å². The molecule has 1 rings (SSSR count). The van der Waals surface area contributed by atoms with Crippen molar-refractivity contribution in [2.24, 2.45) is 5.92 Å². The second-order valence-corrected chi connectivity index (χ2v) is 5.66. The fourth-order valence-corrected chi connectivity index (χ4v) is 2.11. The summed E-state index contributed by atoms with van der Waals surface area (Å²) in [6.07, 6.45) is 0. The lowest BCUT2D eigenvalue weighted by molar-refractivity contribution is 0.0939. The number of aromatic nitrogens is 1. The summed E-state index contributed by atoms with van der Waals surface area (Å²) in [6.45, 7) is 10.1. The van der Waals surface area contributed by atoms with Gasteiger partial charge in [0.05, 0.1) is 5.69 Å². The van der Waals surface area contributed by atoms with Crippen LogP contribution in [0.4, 0.5) is 0 Å². The number of nitrogens with zero attached hydrogens (tertiary/aromatic N) is 1. The molecule has 1 heterocycles. The van der Waals surface area contributed by atoms with Crippen LogP contribution < -0.4 is 0 Å². The van der Waals surface area contributed by atoms with E-state index in [0.29, 0.717) is 5.01 Å². The molecule has 1 aromatic heterocycles. The van der Waals surface area contributed by atoms with E-state index in [1.807, 2.05) is 19.2 Å². The molecule has 0 unspecified atom stereocenters. The summed E-state index contributed by atoms with van der Waals surface area (Å²) < 4.78 is 0. The molecule has 0 amide bonds. The summed E-state index contributed by atoms with van der Waals surface area (Å²) in [6, 6.07) is 0. The molecule has 1 aromatic rings. The van der Waals surface area contributed by atoms with Crippen LogP contribution in [-0.2, 0) is 5.41 Å². The fourth-order valence-electron chi connectivity index (χ4n) is 0.978. The maximum Gasteiger partial charge on any atom is 0.193 e. The Labute approximate surface area is 89.4 Å². The maximum absolute atomic E-state index is 11.6. The Balaban J connectivity index is 2.95. The van der Waals surface area contributed by atoms with Crippen LogP contribution in [0.1, 0.15) is 50.1 Å². The Hall–Kier alpha value is -0.700. The van der Waals surface area contributed by atoms with Gasteiger partial charge in [-0.15, -0.1) is 11.3 Å². The number of Topliss-reactive ketones (excluding diaryl/α,β-unsaturated/α-hetero) is 1. The third-order valence-corrected chi connectivity index (χ3v) is 2.86. The molecule has 0 aliphatic heterocycles. The Kier molecular flexibility index (Phi) is 3.10. The van der Waals surface area contributed by atoms with Gasteiger partial charge in [-0.3, -0.25) is 4.79 Å². The summed E-state index contributed by atoms with van der Waals surface area (Å²) in [5, 5.41) is 2.63. The second-order valence-electron chi connectivity index (χ2n) is 4.81. The van der Waals surface area contributed by atoms with Crippen molar-refractivity contribution in [3.8, 4) is 0 Å². The number of rotatable bonds is 2. The van der Waals surface area contributed by atoms with E-state index in [1.165, 1.54) is 11.3 Å². The van der Waals surface area contributed by atoms with Gasteiger partial charge < -0.3 is 0 Å². The minimum Gasteiger partial charge on any atom is -0.291 e. The molecule has 0 saturated carbocycles. The summed E-state index contributed by atoms with van der Waals surface area (Å²) in [4.78, 5) is 16.0. The van der Waals surface area contributed by atoms with Crippen molar-refractivity contribution in [2.75, 3.05) is 0 Å². The quantitative estimate of drug-likeness (QED) is 0.703. The van der Waals surface area contributed by atoms with E-state index < -0.39 is 0 Å². The van der Waals surface area contributed by atoms with E-state index in [9.17, 15) is 4.79 Å². The largest absolute Gasteiger partial charge is 0.291 e. The highest BCUT2D eigenvalue weighted by Gasteiger charge is 2.20. The highest BCUT2D eigenvalue weighted by Crippen LogP contribution is 2.24. The van der Waals surface area contributed by atoms with Crippen LogP contribution in [0.3, 0.4) is 0 Å². The average molecular weight is 211 g/mol. The molecule has 0 fully saturated rings. The van der Waals surface area contributed by atoms with Gasteiger partial charge in [0.25, 0.3) is 0 Å². The lowest BCUT2D eigenvalue weighted by atomic mass is 9.93. The minimum atomic E-state index is 0.0337. The van der Waals surface area contributed by atoms with Crippen LogP contribution in [0.5, 0.6) is 0 Å². The molecular formula is C11H17NOS. The molecule has 78 valence electrons. The highest BCUT2D eigenvalue weighted by molar-refractivity contribution is 7.11. The van der Waals surface area contributed by atoms with Gasteiger partial charge >= 0.3 is 0 Å². The number of thiazole rings is 1. The number of hydrogen-bond donors (Lipinski definition) is 0. The van der Waals surface area contributed by atoms with E-state index in [0.717, 1.165) is 5.69 Å². The SMILES string of the molecule is CC(C)C(=O)c1nc(C(C)(C)C)cs1. The maximum atomic E-state index is 11.6. The number of carbonyl (C=O) groups is 1. The molecule has 0 aromatic carbocycles. The van der Waals surface area contributed by atoms with Crippen LogP contribution in [-0.4, -0.2) is 10.8 Å². The van der Waals surface area contributed by atoms with Crippen LogP contribution in [0.2, 0.25) is 0 Å². The van der Waals surface area contributed by atoms with E-state index in [4.69, 9.17) is 0 Å². The first-order valence-electron chi connectivity index (χ1n) is 4.82. The van der Waals surface area contributed by atoms with Crippen LogP contribution >= 0.6 is 11.3 Å². The van der Waals surface area contributed by atoms with Gasteiger partial charge in [0.2, 0.25) is 0 Å². The first-order chi connectivity index (χ1) is 6.32. The van der Waals surface area contributed by atoms with E-state index >= 15 is 0 Å². The van der Waals surface area contributed by atoms with Crippen LogP contribution in [0.25, 0.3) is 0 Å². The lowest BCUT2D eigenvalue weighted by Crippen LogP contribution is -2.13. The van der Waals surface area contributed by atoms with Crippen molar-refractivity contribution in [3.63, 3.8) is 0 Å². The number of carbonyl (C=O) groups excluding carboxylic acids is 1. The van der Waals surface area contributed by atoms with Crippen molar-refractivity contribution in [1.29, 1.82) is 0 Å².